The van der Waals surface area contributed by atoms with Gasteiger partial charge in [-0.1, -0.05) is 74.9 Å². The molecule has 0 spiro atoms. The van der Waals surface area contributed by atoms with Gasteiger partial charge in [-0.3, -0.25) is 30.3 Å². The number of carbonyl (C=O) groups excluding carboxylic acids is 3. The van der Waals surface area contributed by atoms with Gasteiger partial charge in [-0.05, 0) is 281 Å². The number of benzene rings is 12. The van der Waals surface area contributed by atoms with Gasteiger partial charge in [-0.2, -0.15) is 70.2 Å². The minimum absolute atomic E-state index is 0.0416. The standard InChI is InChI=1S/C107H99F9N12O18/c1-107(77-20-56-92(57-21-77)138-68-11-5-2-8-62-123(65-71-141-104(129)74-14-50-95(51-15-74)144-101(114)98(108)109)86-38-26-80(27-39-86)117-120-83-32-44-89(45-33-83)126(132)133,78-22-58-93(59-23-78)139-69-12-6-3-9-63-124(66-72-142-105(130)75-16-52-96(53-17-75)145-102(115)99(110)111)87-40-28-81(29-41-87)118-121-84-34-46-90(47-35-84)127(134)135)79-24-60-94(61-25-79)140-70-13-7-4-10-64-125(67-73-143-106(131)76-18-54-97(55-19-76)146-103(116)100(112)113)88-42-30-82(31-43-88)119-122-85-36-48-91(49-37-85)128(136)137/h14-61H,2-13,62-73H2,1H3. The molecule has 12 aromatic rings. The molecule has 0 saturated carbocycles. The highest BCUT2D eigenvalue weighted by molar-refractivity contribution is 5.91. The summed E-state index contributed by atoms with van der Waals surface area (Å²) < 4.78 is 166. The number of ether oxygens (including phenoxy) is 9. The van der Waals surface area contributed by atoms with E-state index in [-0.39, 0.29) is 90.5 Å². The van der Waals surface area contributed by atoms with E-state index in [2.05, 4.69) is 51.8 Å². The van der Waals surface area contributed by atoms with Crippen LogP contribution in [0.25, 0.3) is 0 Å². The zero-order valence-corrected chi connectivity index (χ0v) is 78.8. The highest BCUT2D eigenvalue weighted by atomic mass is 19.3. The van der Waals surface area contributed by atoms with Crippen LogP contribution in [0.4, 0.5) is 108 Å². The second kappa shape index (κ2) is 55.3. The highest BCUT2D eigenvalue weighted by Crippen LogP contribution is 2.42. The van der Waals surface area contributed by atoms with Gasteiger partial charge in [0.2, 0.25) is 0 Å². The molecule has 0 radical (unpaired) electrons. The second-order valence-corrected chi connectivity index (χ2v) is 32.8. The van der Waals surface area contributed by atoms with Crippen LogP contribution in [0.1, 0.15) is 132 Å². The van der Waals surface area contributed by atoms with E-state index in [1.165, 1.54) is 109 Å². The average Bonchev–Trinajstić information content (AvgIpc) is 0.759. The molecule has 0 aliphatic carbocycles. The van der Waals surface area contributed by atoms with Crippen molar-refractivity contribution < 1.29 is 111 Å². The van der Waals surface area contributed by atoms with Crippen LogP contribution < -0.4 is 43.1 Å². The smallest absolute Gasteiger partial charge is 0.344 e. The number of nitro groups is 3. The number of halogens is 9. The zero-order chi connectivity index (χ0) is 104. The molecule has 39 heteroatoms. The van der Waals surface area contributed by atoms with E-state index in [1.807, 2.05) is 124 Å². The van der Waals surface area contributed by atoms with E-state index >= 15 is 0 Å². The summed E-state index contributed by atoms with van der Waals surface area (Å²) in [5, 5.41) is 59.0. The Morgan fingerprint density at radius 2 is 0.466 bits per heavy atom. The SMILES string of the molecule is CC(c1ccc(OCCCCCCN(CCOC(=O)c2ccc(OC(F)=C(F)F)cc2)c2ccc(N=Nc3ccc([N+](=O)[O-])cc3)cc2)cc1)(c1ccc(OCCCCCCN(CCOC(=O)c2ccc(OC(F)=C(F)F)cc2)c2ccc(N=Nc3ccc([N+](=O)[O-])cc3)cc2)cc1)c1ccc(OCCCCCCN(CCOC(=O)c2ccc(OC(F)=C(F)F)cc2)c2ccc(N=Nc3ccc([N+](=O)[O-])cc3)cc2)cc1. The summed E-state index contributed by atoms with van der Waals surface area (Å²) in [5.74, 6) is -0.861. The summed E-state index contributed by atoms with van der Waals surface area (Å²) in [4.78, 5) is 77.5. The minimum atomic E-state index is -2.63. The Labute approximate surface area is 832 Å². The van der Waals surface area contributed by atoms with Gasteiger partial charge in [0.1, 0.15) is 54.3 Å². The van der Waals surface area contributed by atoms with Crippen molar-refractivity contribution in [2.45, 2.75) is 89.4 Å². The fourth-order valence-corrected chi connectivity index (χ4v) is 15.0. The third kappa shape index (κ3) is 33.8. The molecule has 0 aromatic heterocycles. The Bertz CT molecular complexity index is 5860. The van der Waals surface area contributed by atoms with Crippen molar-refractivity contribution in [1.82, 2.24) is 0 Å². The lowest BCUT2D eigenvalue weighted by Crippen LogP contribution is -2.29. The second-order valence-electron chi connectivity index (χ2n) is 32.8. The molecule has 12 rings (SSSR count). The molecule has 0 unspecified atom stereocenters. The van der Waals surface area contributed by atoms with Gasteiger partial charge in [-0.25, -0.2) is 14.4 Å². The number of carbonyl (C=O) groups is 3. The number of azo groups is 3. The van der Waals surface area contributed by atoms with Crippen LogP contribution >= 0.6 is 0 Å². The maximum atomic E-state index is 13.4. The van der Waals surface area contributed by atoms with Crippen molar-refractivity contribution in [2.75, 3.05) is 93.6 Å². The van der Waals surface area contributed by atoms with Gasteiger partial charge in [0, 0.05) is 78.5 Å². The normalized spacial score (nSPS) is 11.5. The van der Waals surface area contributed by atoms with Crippen LogP contribution in [0.5, 0.6) is 34.5 Å². The van der Waals surface area contributed by atoms with E-state index in [0.29, 0.717) is 90.8 Å². The number of unbranched alkanes of at least 4 members (excludes halogenated alkanes) is 9. The monoisotopic (exact) mass is 2010 g/mol. The summed E-state index contributed by atoms with van der Waals surface area (Å²) in [6, 6.07) is 70.9. The Kier molecular flexibility index (Phi) is 40.8. The first-order chi connectivity index (χ1) is 70.7. The fraction of sp³-hybridized carbons (Fsp3) is 0.243. The molecule has 30 nitrogen and oxygen atoms in total. The van der Waals surface area contributed by atoms with Crippen molar-refractivity contribution in [3.8, 4) is 34.5 Å². The predicted octanol–water partition coefficient (Wildman–Crippen LogP) is 29.2. The van der Waals surface area contributed by atoms with Crippen molar-refractivity contribution in [3.05, 3.63) is 391 Å². The topological polar surface area (TPSA) is 348 Å². The number of nitrogens with zero attached hydrogens (tertiary/aromatic N) is 12. The summed E-state index contributed by atoms with van der Waals surface area (Å²) in [6.45, 7) is 5.80. The van der Waals surface area contributed by atoms with E-state index in [4.69, 9.17) is 28.4 Å². The van der Waals surface area contributed by atoms with E-state index in [0.717, 1.165) is 147 Å². The molecular formula is C107H99F9N12O18. The lowest BCUT2D eigenvalue weighted by atomic mass is 9.71. The maximum absolute atomic E-state index is 13.4. The highest BCUT2D eigenvalue weighted by Gasteiger charge is 2.32. The summed E-state index contributed by atoms with van der Waals surface area (Å²) in [5.41, 5.74) is 7.28. The molecule has 0 aliphatic heterocycles. The molecule has 0 fully saturated rings. The minimum Gasteiger partial charge on any atom is -0.494 e. The third-order valence-corrected chi connectivity index (χ3v) is 22.9. The van der Waals surface area contributed by atoms with Crippen molar-refractivity contribution >= 4 is 86.2 Å². The molecule has 0 atom stereocenters. The molecule has 12 aromatic carbocycles. The quantitative estimate of drug-likeness (QED) is 0.00393. The summed E-state index contributed by atoms with van der Waals surface area (Å²) >= 11 is 0. The lowest BCUT2D eigenvalue weighted by Gasteiger charge is -2.32. The van der Waals surface area contributed by atoms with Crippen molar-refractivity contribution in [1.29, 1.82) is 0 Å². The van der Waals surface area contributed by atoms with Crippen molar-refractivity contribution in [3.63, 3.8) is 0 Å². The fourth-order valence-electron chi connectivity index (χ4n) is 15.0. The number of hydrogen-bond acceptors (Lipinski definition) is 27. The first kappa shape index (κ1) is 108. The molecule has 0 heterocycles. The van der Waals surface area contributed by atoms with Crippen LogP contribution in [0.3, 0.4) is 0 Å². The van der Waals surface area contributed by atoms with Gasteiger partial charge in [-0.15, -0.1) is 0 Å². The largest absolute Gasteiger partial charge is 0.494 e. The van der Waals surface area contributed by atoms with Gasteiger partial charge >= 0.3 is 54.2 Å². The Balaban J connectivity index is 0.669. The van der Waals surface area contributed by atoms with Crippen LogP contribution in [-0.4, -0.2) is 112 Å². The molecule has 0 aliphatic rings. The number of non-ortho nitro benzene ring substituents is 3. The van der Waals surface area contributed by atoms with Gasteiger partial charge in [0.05, 0.1) is 105 Å². The predicted molar refractivity (Wildman–Crippen MR) is 528 cm³/mol. The first-order valence-corrected chi connectivity index (χ1v) is 46.4. The van der Waals surface area contributed by atoms with Gasteiger partial charge in [0.25, 0.3) is 17.1 Å². The third-order valence-electron chi connectivity index (χ3n) is 22.9. The molecule has 0 N–H and O–H groups in total. The van der Waals surface area contributed by atoms with Gasteiger partial charge in [0.15, 0.2) is 0 Å². The molecular weight excluding hydrogens is 1910 g/mol. The number of nitro benzene ring substituents is 3. The number of esters is 3. The molecule has 0 saturated heterocycles. The molecule has 146 heavy (non-hydrogen) atoms. The Hall–Kier alpha value is -17.2. The molecule has 0 amide bonds. The van der Waals surface area contributed by atoms with Crippen LogP contribution in [0.2, 0.25) is 0 Å². The van der Waals surface area contributed by atoms with Crippen LogP contribution in [-0.2, 0) is 19.6 Å². The maximum Gasteiger partial charge on any atom is 0.344 e. The molecule has 0 bridgehead atoms. The van der Waals surface area contributed by atoms with Crippen LogP contribution in [0.15, 0.2) is 358 Å². The summed E-state index contributed by atoms with van der Waals surface area (Å²) in [7, 11) is 0. The van der Waals surface area contributed by atoms with E-state index < -0.39 is 74.4 Å². The Morgan fingerprint density at radius 1 is 0.260 bits per heavy atom. The van der Waals surface area contributed by atoms with Gasteiger partial charge < -0.3 is 57.3 Å². The van der Waals surface area contributed by atoms with E-state index in [9.17, 15) is 84.2 Å². The summed E-state index contributed by atoms with van der Waals surface area (Å²) in [6.07, 6.45) is 1.36. The zero-order valence-electron chi connectivity index (χ0n) is 78.8. The number of hydrogen-bond donors (Lipinski definition) is 0. The number of anilines is 3. The van der Waals surface area contributed by atoms with Crippen LogP contribution in [0, 0.1) is 30.3 Å². The lowest BCUT2D eigenvalue weighted by molar-refractivity contribution is -0.385. The van der Waals surface area contributed by atoms with Crippen molar-refractivity contribution in [2.24, 2.45) is 30.7 Å². The Morgan fingerprint density at radius 3 is 0.678 bits per heavy atom. The first-order valence-electron chi connectivity index (χ1n) is 46.4. The molecule has 758 valence electrons. The average molecular weight is 2010 g/mol. The van der Waals surface area contributed by atoms with E-state index in [1.54, 1.807) is 36.4 Å². The number of rotatable bonds is 57.